The first-order valence-corrected chi connectivity index (χ1v) is 6.50. The van der Waals surface area contributed by atoms with Crippen molar-refractivity contribution in [3.63, 3.8) is 0 Å². The highest BCUT2D eigenvalue weighted by molar-refractivity contribution is 5.81. The standard InChI is InChI=1S/C13H27N3O2/c1-9(2)6-11(7-14)13(18)16(5)8-10(3)12(17)15-4/h9-11H,6-8,14H2,1-5H3,(H,15,17). The minimum absolute atomic E-state index is 0.0296. The maximum absolute atomic E-state index is 12.2. The molecule has 0 aliphatic rings. The summed E-state index contributed by atoms with van der Waals surface area (Å²) in [7, 11) is 3.33. The lowest BCUT2D eigenvalue weighted by Gasteiger charge is -2.26. The highest BCUT2D eigenvalue weighted by atomic mass is 16.2. The molecule has 3 N–H and O–H groups in total. The number of nitrogens with one attached hydrogen (secondary N) is 1. The van der Waals surface area contributed by atoms with Gasteiger partial charge in [0, 0.05) is 27.2 Å². The van der Waals surface area contributed by atoms with Crippen molar-refractivity contribution >= 4 is 11.8 Å². The molecule has 0 rings (SSSR count). The van der Waals surface area contributed by atoms with E-state index in [1.165, 1.54) is 0 Å². The molecule has 0 bridgehead atoms. The summed E-state index contributed by atoms with van der Waals surface area (Å²) in [6.45, 7) is 6.73. The largest absolute Gasteiger partial charge is 0.359 e. The number of carbonyl (C=O) groups is 2. The number of hydrogen-bond donors (Lipinski definition) is 2. The van der Waals surface area contributed by atoms with Gasteiger partial charge in [0.25, 0.3) is 0 Å². The van der Waals surface area contributed by atoms with E-state index in [1.807, 2.05) is 6.92 Å². The topological polar surface area (TPSA) is 75.4 Å². The zero-order chi connectivity index (χ0) is 14.3. The van der Waals surface area contributed by atoms with Crippen LogP contribution in [0.25, 0.3) is 0 Å². The fourth-order valence-corrected chi connectivity index (χ4v) is 2.01. The molecule has 0 aromatic heterocycles. The van der Waals surface area contributed by atoms with Crippen LogP contribution in [0.1, 0.15) is 27.2 Å². The summed E-state index contributed by atoms with van der Waals surface area (Å²) in [6.07, 6.45) is 0.786. The molecule has 0 aliphatic heterocycles. The summed E-state index contributed by atoms with van der Waals surface area (Å²) in [4.78, 5) is 25.2. The monoisotopic (exact) mass is 257 g/mol. The highest BCUT2D eigenvalue weighted by Gasteiger charge is 2.24. The van der Waals surface area contributed by atoms with Gasteiger partial charge in [-0.05, 0) is 12.3 Å². The van der Waals surface area contributed by atoms with E-state index in [4.69, 9.17) is 5.73 Å². The molecule has 5 nitrogen and oxygen atoms in total. The van der Waals surface area contributed by atoms with Crippen LogP contribution < -0.4 is 11.1 Å². The second-order valence-electron chi connectivity index (χ2n) is 5.30. The Hall–Kier alpha value is -1.10. The van der Waals surface area contributed by atoms with E-state index in [9.17, 15) is 9.59 Å². The predicted molar refractivity (Wildman–Crippen MR) is 72.9 cm³/mol. The van der Waals surface area contributed by atoms with Crippen LogP contribution in [0.15, 0.2) is 0 Å². The van der Waals surface area contributed by atoms with Gasteiger partial charge in [-0.3, -0.25) is 9.59 Å². The first-order chi connectivity index (χ1) is 8.33. The fraction of sp³-hybridized carbons (Fsp3) is 0.846. The van der Waals surface area contributed by atoms with Crippen LogP contribution in [0.5, 0.6) is 0 Å². The average molecular weight is 257 g/mol. The molecule has 0 aromatic carbocycles. The van der Waals surface area contributed by atoms with Crippen LogP contribution >= 0.6 is 0 Å². The van der Waals surface area contributed by atoms with E-state index in [0.29, 0.717) is 19.0 Å². The Morgan fingerprint density at radius 2 is 1.83 bits per heavy atom. The summed E-state index contributed by atoms with van der Waals surface area (Å²) >= 11 is 0. The van der Waals surface area contributed by atoms with Crippen molar-refractivity contribution in [2.45, 2.75) is 27.2 Å². The van der Waals surface area contributed by atoms with E-state index >= 15 is 0 Å². The Labute approximate surface area is 110 Å². The summed E-state index contributed by atoms with van der Waals surface area (Å²) in [6, 6.07) is 0. The number of carbonyl (C=O) groups excluding carboxylic acids is 2. The Bertz CT molecular complexity index is 279. The van der Waals surface area contributed by atoms with Crippen LogP contribution in [0.2, 0.25) is 0 Å². The normalized spacial score (nSPS) is 14.2. The average Bonchev–Trinajstić information content (AvgIpc) is 2.33. The molecule has 0 heterocycles. The summed E-state index contributed by atoms with van der Waals surface area (Å²) in [5, 5.41) is 2.58. The zero-order valence-corrected chi connectivity index (χ0v) is 12.2. The smallest absolute Gasteiger partial charge is 0.226 e. The lowest BCUT2D eigenvalue weighted by atomic mass is 9.95. The second kappa shape index (κ2) is 8.08. The Morgan fingerprint density at radius 3 is 2.22 bits per heavy atom. The first-order valence-electron chi connectivity index (χ1n) is 6.50. The molecule has 18 heavy (non-hydrogen) atoms. The summed E-state index contributed by atoms with van der Waals surface area (Å²) < 4.78 is 0. The van der Waals surface area contributed by atoms with Crippen molar-refractivity contribution in [2.24, 2.45) is 23.5 Å². The van der Waals surface area contributed by atoms with E-state index in [1.54, 1.807) is 19.0 Å². The van der Waals surface area contributed by atoms with Crippen molar-refractivity contribution < 1.29 is 9.59 Å². The second-order valence-corrected chi connectivity index (χ2v) is 5.30. The maximum Gasteiger partial charge on any atom is 0.226 e. The van der Waals surface area contributed by atoms with Gasteiger partial charge in [0.05, 0.1) is 11.8 Å². The summed E-state index contributed by atoms with van der Waals surface area (Å²) in [5.74, 6) is 0.0605. The van der Waals surface area contributed by atoms with Crippen LogP contribution in [-0.2, 0) is 9.59 Å². The van der Waals surface area contributed by atoms with Crippen molar-refractivity contribution in [1.82, 2.24) is 10.2 Å². The third-order valence-corrected chi connectivity index (χ3v) is 3.01. The molecule has 0 saturated heterocycles. The number of hydrogen-bond acceptors (Lipinski definition) is 3. The number of nitrogens with zero attached hydrogens (tertiary/aromatic N) is 1. The van der Waals surface area contributed by atoms with Gasteiger partial charge in [-0.15, -0.1) is 0 Å². The summed E-state index contributed by atoms with van der Waals surface area (Å²) in [5.41, 5.74) is 5.65. The van der Waals surface area contributed by atoms with Crippen LogP contribution in [0.3, 0.4) is 0 Å². The van der Waals surface area contributed by atoms with Gasteiger partial charge in [-0.25, -0.2) is 0 Å². The molecule has 0 fully saturated rings. The van der Waals surface area contributed by atoms with E-state index in [-0.39, 0.29) is 23.7 Å². The van der Waals surface area contributed by atoms with Gasteiger partial charge in [0.2, 0.25) is 11.8 Å². The molecule has 0 spiro atoms. The first kappa shape index (κ1) is 16.9. The van der Waals surface area contributed by atoms with Gasteiger partial charge in [-0.1, -0.05) is 20.8 Å². The Kier molecular flexibility index (Phi) is 7.59. The Morgan fingerprint density at radius 1 is 1.28 bits per heavy atom. The molecular formula is C13H27N3O2. The van der Waals surface area contributed by atoms with Gasteiger partial charge in [-0.2, -0.15) is 0 Å². The maximum atomic E-state index is 12.2. The molecule has 2 unspecified atom stereocenters. The Balaban J connectivity index is 4.43. The van der Waals surface area contributed by atoms with Crippen molar-refractivity contribution in [1.29, 1.82) is 0 Å². The number of rotatable bonds is 7. The molecule has 106 valence electrons. The molecule has 2 amide bonds. The van der Waals surface area contributed by atoms with Gasteiger partial charge in [0.1, 0.15) is 0 Å². The minimum atomic E-state index is -0.207. The van der Waals surface area contributed by atoms with Crippen LogP contribution in [-0.4, -0.2) is 43.9 Å². The minimum Gasteiger partial charge on any atom is -0.359 e. The van der Waals surface area contributed by atoms with Crippen LogP contribution in [0.4, 0.5) is 0 Å². The number of amides is 2. The quantitative estimate of drug-likeness (QED) is 0.695. The molecular weight excluding hydrogens is 230 g/mol. The van der Waals surface area contributed by atoms with Crippen molar-refractivity contribution in [3.05, 3.63) is 0 Å². The van der Waals surface area contributed by atoms with E-state index in [2.05, 4.69) is 19.2 Å². The van der Waals surface area contributed by atoms with E-state index < -0.39 is 0 Å². The van der Waals surface area contributed by atoms with Crippen molar-refractivity contribution in [2.75, 3.05) is 27.2 Å². The lowest BCUT2D eigenvalue weighted by Crippen LogP contribution is -2.42. The lowest BCUT2D eigenvalue weighted by molar-refractivity contribution is -0.136. The van der Waals surface area contributed by atoms with Crippen molar-refractivity contribution in [3.8, 4) is 0 Å². The predicted octanol–water partition coefficient (Wildman–Crippen LogP) is 0.448. The van der Waals surface area contributed by atoms with Crippen LogP contribution in [0, 0.1) is 17.8 Å². The molecule has 2 atom stereocenters. The molecule has 0 aromatic rings. The van der Waals surface area contributed by atoms with Gasteiger partial charge in [0.15, 0.2) is 0 Å². The molecule has 0 aliphatic carbocycles. The fourth-order valence-electron chi connectivity index (χ4n) is 2.01. The molecule has 0 radical (unpaired) electrons. The zero-order valence-electron chi connectivity index (χ0n) is 12.2. The highest BCUT2D eigenvalue weighted by Crippen LogP contribution is 2.14. The molecule has 5 heteroatoms. The SMILES string of the molecule is CNC(=O)C(C)CN(C)C(=O)C(CN)CC(C)C. The number of nitrogens with two attached hydrogens (primary N) is 1. The van der Waals surface area contributed by atoms with E-state index in [0.717, 1.165) is 6.42 Å². The van der Waals surface area contributed by atoms with Gasteiger partial charge >= 0.3 is 0 Å². The van der Waals surface area contributed by atoms with Gasteiger partial charge < -0.3 is 16.0 Å². The molecule has 0 saturated carbocycles. The third kappa shape index (κ3) is 5.49. The third-order valence-electron chi connectivity index (χ3n) is 3.01.